The van der Waals surface area contributed by atoms with E-state index in [1.54, 1.807) is 54.6 Å². The predicted octanol–water partition coefficient (Wildman–Crippen LogP) is 4.71. The average Bonchev–Trinajstić information content (AvgIpc) is 3.22. The van der Waals surface area contributed by atoms with Crippen molar-refractivity contribution in [3.63, 3.8) is 0 Å². The number of benzene rings is 2. The minimum absolute atomic E-state index is 0.00294. The lowest BCUT2D eigenvalue weighted by molar-refractivity contribution is -0.121. The van der Waals surface area contributed by atoms with Crippen molar-refractivity contribution < 1.29 is 19.1 Å². The van der Waals surface area contributed by atoms with E-state index >= 15 is 0 Å². The van der Waals surface area contributed by atoms with E-state index in [2.05, 4.69) is 10.9 Å². The van der Waals surface area contributed by atoms with Crippen LogP contribution in [0, 0.1) is 6.92 Å². The van der Waals surface area contributed by atoms with Crippen LogP contribution in [0.2, 0.25) is 5.02 Å². The number of amides is 2. The second-order valence-electron chi connectivity index (χ2n) is 6.78. The number of ketones is 1. The highest BCUT2D eigenvalue weighted by Crippen LogP contribution is 2.18. The second kappa shape index (κ2) is 10.7. The van der Waals surface area contributed by atoms with Gasteiger partial charge in [0.25, 0.3) is 5.91 Å². The molecule has 160 valence electrons. The van der Waals surface area contributed by atoms with Crippen LogP contribution in [0.5, 0.6) is 5.75 Å². The molecular weight excluding hydrogens is 436 g/mol. The largest absolute Gasteiger partial charge is 0.489 e. The van der Waals surface area contributed by atoms with Gasteiger partial charge in [0, 0.05) is 28.3 Å². The van der Waals surface area contributed by atoms with Crippen LogP contribution in [0.1, 0.15) is 43.3 Å². The predicted molar refractivity (Wildman–Crippen MR) is 120 cm³/mol. The van der Waals surface area contributed by atoms with Crippen molar-refractivity contribution >= 4 is 40.5 Å². The third-order valence-corrected chi connectivity index (χ3v) is 5.64. The van der Waals surface area contributed by atoms with E-state index in [0.717, 1.165) is 10.4 Å². The fourth-order valence-corrected chi connectivity index (χ4v) is 3.61. The molecule has 2 aromatic carbocycles. The van der Waals surface area contributed by atoms with Gasteiger partial charge >= 0.3 is 0 Å². The Labute approximate surface area is 189 Å². The van der Waals surface area contributed by atoms with Gasteiger partial charge in [-0.25, -0.2) is 0 Å². The number of aryl methyl sites for hydroxylation is 1. The molecule has 3 rings (SSSR count). The molecular formula is C23H21ClN2O4S. The summed E-state index contributed by atoms with van der Waals surface area (Å²) in [5.74, 6) is -0.265. The molecule has 0 saturated carbocycles. The molecule has 0 radical (unpaired) electrons. The summed E-state index contributed by atoms with van der Waals surface area (Å²) >= 11 is 7.25. The Kier molecular flexibility index (Phi) is 7.81. The summed E-state index contributed by atoms with van der Waals surface area (Å²) in [7, 11) is 0. The van der Waals surface area contributed by atoms with E-state index < -0.39 is 11.8 Å². The van der Waals surface area contributed by atoms with Crippen LogP contribution < -0.4 is 15.6 Å². The van der Waals surface area contributed by atoms with E-state index in [1.165, 1.54) is 11.3 Å². The zero-order chi connectivity index (χ0) is 22.2. The highest BCUT2D eigenvalue weighted by atomic mass is 35.5. The molecule has 0 aliphatic heterocycles. The SMILES string of the molecule is Cc1ccc(C(=O)CCC(=O)NNC(=O)c2ccc(COc3ccc(Cl)cc3)cc2)s1. The van der Waals surface area contributed by atoms with Crippen molar-refractivity contribution in [1.82, 2.24) is 10.9 Å². The maximum Gasteiger partial charge on any atom is 0.269 e. The number of thiophene rings is 1. The summed E-state index contributed by atoms with van der Waals surface area (Å²) in [5.41, 5.74) is 5.97. The molecule has 0 saturated heterocycles. The van der Waals surface area contributed by atoms with Gasteiger partial charge in [0.1, 0.15) is 12.4 Å². The third-order valence-electron chi connectivity index (χ3n) is 4.35. The lowest BCUT2D eigenvalue weighted by Gasteiger charge is -2.09. The van der Waals surface area contributed by atoms with Crippen LogP contribution in [0.15, 0.2) is 60.7 Å². The Bertz CT molecular complexity index is 1060. The van der Waals surface area contributed by atoms with Gasteiger partial charge < -0.3 is 4.74 Å². The molecule has 3 aromatic rings. The zero-order valence-corrected chi connectivity index (χ0v) is 18.4. The first-order valence-electron chi connectivity index (χ1n) is 9.57. The maximum atomic E-state index is 12.2. The normalized spacial score (nSPS) is 10.4. The van der Waals surface area contributed by atoms with Crippen molar-refractivity contribution in [3.05, 3.63) is 86.6 Å². The molecule has 0 unspecified atom stereocenters. The molecule has 2 amide bonds. The topological polar surface area (TPSA) is 84.5 Å². The number of halogens is 1. The first-order chi connectivity index (χ1) is 14.9. The highest BCUT2D eigenvalue weighted by molar-refractivity contribution is 7.14. The van der Waals surface area contributed by atoms with Crippen molar-refractivity contribution in [2.45, 2.75) is 26.4 Å². The minimum Gasteiger partial charge on any atom is -0.489 e. The quantitative estimate of drug-likeness (QED) is 0.379. The molecule has 0 fully saturated rings. The third kappa shape index (κ3) is 6.94. The first-order valence-corrected chi connectivity index (χ1v) is 10.8. The molecule has 2 N–H and O–H groups in total. The Morgan fingerprint density at radius 1 is 0.903 bits per heavy atom. The average molecular weight is 457 g/mol. The number of rotatable bonds is 8. The van der Waals surface area contributed by atoms with Crippen molar-refractivity contribution in [3.8, 4) is 5.75 Å². The van der Waals surface area contributed by atoms with Crippen LogP contribution in [-0.2, 0) is 11.4 Å². The molecule has 6 nitrogen and oxygen atoms in total. The molecule has 1 heterocycles. The van der Waals surface area contributed by atoms with E-state index in [-0.39, 0.29) is 18.6 Å². The van der Waals surface area contributed by atoms with E-state index in [0.29, 0.717) is 27.8 Å². The number of hydrogen-bond donors (Lipinski definition) is 2. The summed E-state index contributed by atoms with van der Waals surface area (Å²) in [6.45, 7) is 2.26. The molecule has 0 aliphatic carbocycles. The van der Waals surface area contributed by atoms with E-state index in [4.69, 9.17) is 16.3 Å². The van der Waals surface area contributed by atoms with Crippen LogP contribution in [-0.4, -0.2) is 17.6 Å². The number of carbonyl (C=O) groups excluding carboxylic acids is 3. The van der Waals surface area contributed by atoms with Gasteiger partial charge in [0.05, 0.1) is 4.88 Å². The standard InChI is InChI=1S/C23H21ClN2O4S/c1-15-2-12-21(31-15)20(27)11-13-22(28)25-26-23(29)17-5-3-16(4-6-17)14-30-19-9-7-18(24)8-10-19/h2-10,12H,11,13-14H2,1H3,(H,25,28)(H,26,29). The Hall–Kier alpha value is -3.16. The summed E-state index contributed by atoms with van der Waals surface area (Å²) < 4.78 is 5.66. The fourth-order valence-electron chi connectivity index (χ4n) is 2.65. The zero-order valence-electron chi connectivity index (χ0n) is 16.8. The number of hydrazine groups is 1. The van der Waals surface area contributed by atoms with E-state index in [9.17, 15) is 14.4 Å². The van der Waals surface area contributed by atoms with Gasteiger partial charge in [0.15, 0.2) is 5.78 Å². The highest BCUT2D eigenvalue weighted by Gasteiger charge is 2.12. The van der Waals surface area contributed by atoms with Gasteiger partial charge in [-0.2, -0.15) is 0 Å². The lowest BCUT2D eigenvalue weighted by atomic mass is 10.1. The second-order valence-corrected chi connectivity index (χ2v) is 8.50. The molecule has 31 heavy (non-hydrogen) atoms. The van der Waals surface area contributed by atoms with Crippen molar-refractivity contribution in [2.75, 3.05) is 0 Å². The summed E-state index contributed by atoms with van der Waals surface area (Å²) in [4.78, 5) is 37.8. The van der Waals surface area contributed by atoms with Crippen molar-refractivity contribution in [2.24, 2.45) is 0 Å². The van der Waals surface area contributed by atoms with Gasteiger partial charge in [-0.15, -0.1) is 11.3 Å². The Balaban J connectivity index is 1.41. The number of Topliss-reactive ketones (excluding diaryl/α,β-unsaturated/α-hetero) is 1. The lowest BCUT2D eigenvalue weighted by Crippen LogP contribution is -2.41. The van der Waals surface area contributed by atoms with Crippen LogP contribution in [0.3, 0.4) is 0 Å². The molecule has 8 heteroatoms. The van der Waals surface area contributed by atoms with E-state index in [1.807, 2.05) is 13.0 Å². The number of carbonyl (C=O) groups is 3. The van der Waals surface area contributed by atoms with Crippen LogP contribution >= 0.6 is 22.9 Å². The van der Waals surface area contributed by atoms with Crippen molar-refractivity contribution in [1.29, 1.82) is 0 Å². The Morgan fingerprint density at radius 2 is 1.61 bits per heavy atom. The summed E-state index contributed by atoms with van der Waals surface area (Å²) in [6.07, 6.45) is 0.0843. The molecule has 1 aromatic heterocycles. The molecule has 0 aliphatic rings. The first kappa shape index (κ1) is 22.5. The Morgan fingerprint density at radius 3 is 2.26 bits per heavy atom. The molecule has 0 atom stereocenters. The summed E-state index contributed by atoms with van der Waals surface area (Å²) in [5, 5.41) is 0.638. The van der Waals surface area contributed by atoms with Crippen LogP contribution in [0.4, 0.5) is 0 Å². The molecule has 0 bridgehead atoms. The minimum atomic E-state index is -0.446. The van der Waals surface area contributed by atoms with Gasteiger partial charge in [0.2, 0.25) is 5.91 Å². The smallest absolute Gasteiger partial charge is 0.269 e. The number of nitrogens with one attached hydrogen (secondary N) is 2. The van der Waals surface area contributed by atoms with Gasteiger partial charge in [-0.05, 0) is 61.0 Å². The number of ether oxygens (including phenoxy) is 1. The van der Waals surface area contributed by atoms with Gasteiger partial charge in [-0.1, -0.05) is 23.7 Å². The van der Waals surface area contributed by atoms with Gasteiger partial charge in [-0.3, -0.25) is 25.2 Å². The number of hydrogen-bond acceptors (Lipinski definition) is 5. The molecule has 0 spiro atoms. The monoisotopic (exact) mass is 456 g/mol. The summed E-state index contributed by atoms with van der Waals surface area (Å²) in [6, 6.07) is 17.5. The maximum absolute atomic E-state index is 12.2. The van der Waals surface area contributed by atoms with Crippen LogP contribution in [0.25, 0.3) is 0 Å². The fraction of sp³-hybridized carbons (Fsp3) is 0.174.